The van der Waals surface area contributed by atoms with E-state index in [2.05, 4.69) is 20.5 Å². The lowest BCUT2D eigenvalue weighted by Gasteiger charge is -2.35. The summed E-state index contributed by atoms with van der Waals surface area (Å²) in [6.07, 6.45) is 2.02. The molecule has 1 atom stereocenters. The summed E-state index contributed by atoms with van der Waals surface area (Å²) in [5, 5.41) is 11.2. The molecule has 2 amide bonds. The fourth-order valence-corrected chi connectivity index (χ4v) is 4.03. The standard InChI is InChI=1S/C23H31FN6O4.ClH/c1-23(2,3)34-22(32)29-9-7-28(8-10-29)13-17-14-30(27-26-17)15-21(31)25-19-6-11-33-20-5-4-16(24)12-18(19)20;/h4-5,12,14,19H,6-11,13,15H2,1-3H3,(H,25,31);1H. The van der Waals surface area contributed by atoms with Crippen LogP contribution in [0.25, 0.3) is 0 Å². The number of piperazine rings is 1. The fraction of sp³-hybridized carbons (Fsp3) is 0.565. The Morgan fingerprint density at radius 3 is 2.69 bits per heavy atom. The Morgan fingerprint density at radius 2 is 1.97 bits per heavy atom. The predicted molar refractivity (Wildman–Crippen MR) is 128 cm³/mol. The van der Waals surface area contributed by atoms with E-state index in [0.717, 1.165) is 5.69 Å². The number of aromatic nitrogens is 3. The Bertz CT molecular complexity index is 1040. The van der Waals surface area contributed by atoms with Crippen LogP contribution in [0.2, 0.25) is 0 Å². The summed E-state index contributed by atoms with van der Waals surface area (Å²) in [6, 6.07) is 4.02. The van der Waals surface area contributed by atoms with Gasteiger partial charge in [-0.1, -0.05) is 5.21 Å². The number of amides is 2. The number of hydrogen-bond acceptors (Lipinski definition) is 7. The number of hydrogen-bond donors (Lipinski definition) is 1. The minimum Gasteiger partial charge on any atom is -0.493 e. The normalized spacial score (nSPS) is 18.2. The van der Waals surface area contributed by atoms with Crippen LogP contribution in [0.15, 0.2) is 24.4 Å². The smallest absolute Gasteiger partial charge is 0.410 e. The molecule has 3 heterocycles. The monoisotopic (exact) mass is 510 g/mol. The van der Waals surface area contributed by atoms with Crippen molar-refractivity contribution in [3.05, 3.63) is 41.5 Å². The van der Waals surface area contributed by atoms with Crippen molar-refractivity contribution in [2.75, 3.05) is 32.8 Å². The summed E-state index contributed by atoms with van der Waals surface area (Å²) in [7, 11) is 0. The number of nitrogens with one attached hydrogen (secondary N) is 1. The van der Waals surface area contributed by atoms with Gasteiger partial charge in [-0.2, -0.15) is 0 Å². The zero-order chi connectivity index (χ0) is 24.3. The van der Waals surface area contributed by atoms with Crippen LogP contribution in [0, 0.1) is 5.82 Å². The largest absolute Gasteiger partial charge is 0.493 e. The van der Waals surface area contributed by atoms with Crippen LogP contribution < -0.4 is 10.1 Å². The molecule has 0 bridgehead atoms. The van der Waals surface area contributed by atoms with Gasteiger partial charge in [0, 0.05) is 44.7 Å². The number of rotatable bonds is 5. The molecule has 1 saturated heterocycles. The van der Waals surface area contributed by atoms with Crippen molar-refractivity contribution in [3.63, 3.8) is 0 Å². The summed E-state index contributed by atoms with van der Waals surface area (Å²) in [4.78, 5) is 28.7. The van der Waals surface area contributed by atoms with Gasteiger partial charge in [0.05, 0.1) is 24.5 Å². The lowest BCUT2D eigenvalue weighted by atomic mass is 10.0. The van der Waals surface area contributed by atoms with Crippen molar-refractivity contribution in [1.82, 2.24) is 30.1 Å². The van der Waals surface area contributed by atoms with E-state index < -0.39 is 5.60 Å². The zero-order valence-corrected chi connectivity index (χ0v) is 21.0. The van der Waals surface area contributed by atoms with E-state index in [4.69, 9.17) is 9.47 Å². The summed E-state index contributed by atoms with van der Waals surface area (Å²) in [6.45, 7) is 9.18. The molecular weight excluding hydrogens is 479 g/mol. The van der Waals surface area contributed by atoms with Crippen molar-refractivity contribution in [3.8, 4) is 5.75 Å². The van der Waals surface area contributed by atoms with Crippen molar-refractivity contribution in [1.29, 1.82) is 0 Å². The summed E-state index contributed by atoms with van der Waals surface area (Å²) in [5.41, 5.74) is 0.880. The number of carbonyl (C=O) groups excluding carboxylic acids is 2. The summed E-state index contributed by atoms with van der Waals surface area (Å²) < 4.78 is 26.1. The van der Waals surface area contributed by atoms with Gasteiger partial charge in [-0.05, 0) is 39.0 Å². The van der Waals surface area contributed by atoms with Gasteiger partial charge in [-0.15, -0.1) is 17.5 Å². The second-order valence-corrected chi connectivity index (χ2v) is 9.59. The minimum absolute atomic E-state index is 0. The molecule has 0 radical (unpaired) electrons. The Balaban J connectivity index is 0.00000342. The number of ether oxygens (including phenoxy) is 2. The third-order valence-electron chi connectivity index (χ3n) is 5.65. The highest BCUT2D eigenvalue weighted by Crippen LogP contribution is 2.32. The minimum atomic E-state index is -0.511. The number of fused-ring (bicyclic) bond motifs is 1. The molecular formula is C23H32ClFN6O4. The van der Waals surface area contributed by atoms with Crippen LogP contribution in [-0.2, 0) is 22.6 Å². The van der Waals surface area contributed by atoms with Crippen molar-refractivity contribution < 1.29 is 23.5 Å². The first-order chi connectivity index (χ1) is 16.2. The highest BCUT2D eigenvalue weighted by molar-refractivity contribution is 5.85. The van der Waals surface area contributed by atoms with Crippen LogP contribution in [-0.4, -0.2) is 75.2 Å². The Morgan fingerprint density at radius 1 is 1.23 bits per heavy atom. The second-order valence-electron chi connectivity index (χ2n) is 9.59. The summed E-state index contributed by atoms with van der Waals surface area (Å²) in [5.74, 6) is -0.00589. The Labute approximate surface area is 210 Å². The van der Waals surface area contributed by atoms with Crippen LogP contribution >= 0.6 is 12.4 Å². The van der Waals surface area contributed by atoms with E-state index in [0.29, 0.717) is 57.1 Å². The topological polar surface area (TPSA) is 102 Å². The third kappa shape index (κ3) is 7.28. The summed E-state index contributed by atoms with van der Waals surface area (Å²) >= 11 is 0. The molecule has 1 unspecified atom stereocenters. The quantitative estimate of drug-likeness (QED) is 0.659. The first-order valence-electron chi connectivity index (χ1n) is 11.5. The average Bonchev–Trinajstić information content (AvgIpc) is 3.20. The first kappa shape index (κ1) is 26.7. The predicted octanol–water partition coefficient (Wildman–Crippen LogP) is 2.53. The van der Waals surface area contributed by atoms with Crippen molar-refractivity contribution in [2.45, 2.75) is 51.9 Å². The molecule has 2 aliphatic heterocycles. The van der Waals surface area contributed by atoms with Gasteiger partial charge in [0.2, 0.25) is 5.91 Å². The number of nitrogens with zero attached hydrogens (tertiary/aromatic N) is 5. The molecule has 12 heteroatoms. The molecule has 0 spiro atoms. The lowest BCUT2D eigenvalue weighted by Crippen LogP contribution is -2.49. The highest BCUT2D eigenvalue weighted by atomic mass is 35.5. The number of benzene rings is 1. The van der Waals surface area contributed by atoms with Crippen LogP contribution in [0.3, 0.4) is 0 Å². The molecule has 1 fully saturated rings. The van der Waals surface area contributed by atoms with Crippen molar-refractivity contribution >= 4 is 24.4 Å². The average molecular weight is 511 g/mol. The van der Waals surface area contributed by atoms with Crippen LogP contribution in [0.5, 0.6) is 5.75 Å². The lowest BCUT2D eigenvalue weighted by molar-refractivity contribution is -0.122. The van der Waals surface area contributed by atoms with Gasteiger partial charge in [0.15, 0.2) is 0 Å². The maximum Gasteiger partial charge on any atom is 0.410 e. The molecule has 0 aliphatic carbocycles. The molecule has 2 aromatic rings. The molecule has 4 rings (SSSR count). The zero-order valence-electron chi connectivity index (χ0n) is 20.2. The van der Waals surface area contributed by atoms with Gasteiger partial charge in [-0.25, -0.2) is 13.9 Å². The molecule has 10 nitrogen and oxygen atoms in total. The van der Waals surface area contributed by atoms with Crippen LogP contribution in [0.1, 0.15) is 44.5 Å². The van der Waals surface area contributed by atoms with E-state index >= 15 is 0 Å². The molecule has 1 N–H and O–H groups in total. The van der Waals surface area contributed by atoms with Gasteiger partial charge in [-0.3, -0.25) is 9.69 Å². The molecule has 35 heavy (non-hydrogen) atoms. The van der Waals surface area contributed by atoms with Crippen molar-refractivity contribution in [2.24, 2.45) is 0 Å². The van der Waals surface area contributed by atoms with Gasteiger partial charge in [0.25, 0.3) is 0 Å². The van der Waals surface area contributed by atoms with Gasteiger partial charge >= 0.3 is 6.09 Å². The van der Waals surface area contributed by atoms with Gasteiger partial charge < -0.3 is 19.7 Å². The molecule has 2 aliphatic rings. The van der Waals surface area contributed by atoms with E-state index in [-0.39, 0.29) is 42.8 Å². The van der Waals surface area contributed by atoms with Crippen LogP contribution in [0.4, 0.5) is 9.18 Å². The molecule has 192 valence electrons. The Hall–Kier alpha value is -2.92. The first-order valence-corrected chi connectivity index (χ1v) is 11.5. The third-order valence-corrected chi connectivity index (χ3v) is 5.65. The molecule has 0 saturated carbocycles. The fourth-order valence-electron chi connectivity index (χ4n) is 4.03. The molecule has 1 aromatic heterocycles. The van der Waals surface area contributed by atoms with E-state index in [1.807, 2.05) is 20.8 Å². The highest BCUT2D eigenvalue weighted by Gasteiger charge is 2.27. The number of halogens is 2. The van der Waals surface area contributed by atoms with E-state index in [1.165, 1.54) is 16.8 Å². The molecule has 1 aromatic carbocycles. The Kier molecular flexibility index (Phi) is 8.55. The number of carbonyl (C=O) groups is 2. The van der Waals surface area contributed by atoms with E-state index in [9.17, 15) is 14.0 Å². The maximum absolute atomic E-state index is 13.7. The van der Waals surface area contributed by atoms with E-state index in [1.54, 1.807) is 17.2 Å². The SMILES string of the molecule is CC(C)(C)OC(=O)N1CCN(Cc2cn(CC(=O)NC3CCOc4ccc(F)cc43)nn2)CC1.Cl. The second kappa shape index (κ2) is 11.2. The van der Waals surface area contributed by atoms with Gasteiger partial charge in [0.1, 0.15) is 23.7 Å². The maximum atomic E-state index is 13.7.